The summed E-state index contributed by atoms with van der Waals surface area (Å²) in [5.74, 6) is 0. The Kier molecular flexibility index (Phi) is 6.61. The lowest BCUT2D eigenvalue weighted by Gasteiger charge is -2.28. The molecule has 0 amide bonds. The Morgan fingerprint density at radius 1 is 1.36 bits per heavy atom. The van der Waals surface area contributed by atoms with Gasteiger partial charge in [0, 0.05) is 18.1 Å². The molecule has 1 saturated heterocycles. The maximum atomic E-state index is 12.9. The van der Waals surface area contributed by atoms with Gasteiger partial charge in [0.25, 0.3) is 0 Å². The van der Waals surface area contributed by atoms with E-state index in [2.05, 4.69) is 4.72 Å². The summed E-state index contributed by atoms with van der Waals surface area (Å²) in [6.45, 7) is -0.500. The molecular weight excluding hydrogens is 404 g/mol. The van der Waals surface area contributed by atoms with Crippen molar-refractivity contribution in [1.29, 1.82) is 0 Å². The smallest absolute Gasteiger partial charge is 0.390 e. The molecule has 142 valence electrons. The standard InChI is InChI=1S/C14H17Cl2F3N2O3S/c15-9-3-4-12(11(16)6-9)25(23,24)20-7-10(22)8-21-5-1-2-13(21)14(17,18)19/h3-4,6,10,13,20,22H,1-2,5,7-8H2/t10-,13?/m0/s1. The molecule has 0 aliphatic carbocycles. The van der Waals surface area contributed by atoms with Crippen molar-refractivity contribution in [2.45, 2.75) is 36.1 Å². The number of rotatable bonds is 6. The summed E-state index contributed by atoms with van der Waals surface area (Å²) in [5, 5.41) is 10.1. The number of nitrogens with one attached hydrogen (secondary N) is 1. The number of nitrogens with zero attached hydrogens (tertiary/aromatic N) is 1. The van der Waals surface area contributed by atoms with Crippen LogP contribution in [-0.4, -0.2) is 56.4 Å². The van der Waals surface area contributed by atoms with Crippen LogP contribution in [0.2, 0.25) is 10.0 Å². The molecule has 5 nitrogen and oxygen atoms in total. The Balaban J connectivity index is 1.96. The first kappa shape index (κ1) is 20.7. The quantitative estimate of drug-likeness (QED) is 0.741. The highest BCUT2D eigenvalue weighted by Gasteiger charge is 2.46. The highest BCUT2D eigenvalue weighted by molar-refractivity contribution is 7.89. The van der Waals surface area contributed by atoms with Gasteiger partial charge in [-0.3, -0.25) is 4.90 Å². The van der Waals surface area contributed by atoms with E-state index in [1.165, 1.54) is 18.2 Å². The van der Waals surface area contributed by atoms with Crippen LogP contribution in [0.15, 0.2) is 23.1 Å². The van der Waals surface area contributed by atoms with Gasteiger partial charge < -0.3 is 5.11 Å². The van der Waals surface area contributed by atoms with E-state index in [9.17, 15) is 26.7 Å². The number of sulfonamides is 1. The van der Waals surface area contributed by atoms with E-state index in [1.54, 1.807) is 0 Å². The summed E-state index contributed by atoms with van der Waals surface area (Å²) in [6, 6.07) is 2.20. The zero-order valence-electron chi connectivity index (χ0n) is 12.9. The number of hydrogen-bond donors (Lipinski definition) is 2. The minimum Gasteiger partial charge on any atom is -0.390 e. The van der Waals surface area contributed by atoms with Crippen molar-refractivity contribution in [2.24, 2.45) is 0 Å². The number of halogens is 5. The first-order valence-corrected chi connectivity index (χ1v) is 9.68. The van der Waals surface area contributed by atoms with E-state index in [0.29, 0.717) is 6.42 Å². The third-order valence-corrected chi connectivity index (χ3v) is 6.02. The summed E-state index contributed by atoms with van der Waals surface area (Å²) in [4.78, 5) is 0.897. The SMILES string of the molecule is O=S(=O)(NC[C@H](O)CN1CCCC1C(F)(F)F)c1ccc(Cl)cc1Cl. The lowest BCUT2D eigenvalue weighted by atomic mass is 10.2. The molecule has 2 N–H and O–H groups in total. The van der Waals surface area contributed by atoms with Gasteiger partial charge in [0.05, 0.1) is 11.1 Å². The van der Waals surface area contributed by atoms with Gasteiger partial charge >= 0.3 is 6.18 Å². The lowest BCUT2D eigenvalue weighted by molar-refractivity contribution is -0.178. The number of likely N-dealkylation sites (tertiary alicyclic amines) is 1. The molecule has 0 spiro atoms. The van der Waals surface area contributed by atoms with E-state index in [4.69, 9.17) is 23.2 Å². The van der Waals surface area contributed by atoms with Crippen LogP contribution in [-0.2, 0) is 10.0 Å². The fourth-order valence-corrected chi connectivity index (χ4v) is 4.57. The van der Waals surface area contributed by atoms with Crippen LogP contribution in [0.3, 0.4) is 0 Å². The molecule has 2 rings (SSSR count). The molecule has 0 radical (unpaired) electrons. The van der Waals surface area contributed by atoms with Gasteiger partial charge in [-0.15, -0.1) is 0 Å². The molecule has 11 heteroatoms. The van der Waals surface area contributed by atoms with Crippen LogP contribution >= 0.6 is 23.2 Å². The molecule has 25 heavy (non-hydrogen) atoms. The van der Waals surface area contributed by atoms with Gasteiger partial charge in [0.1, 0.15) is 10.9 Å². The first-order chi connectivity index (χ1) is 11.5. The number of aliphatic hydroxyl groups is 1. The van der Waals surface area contributed by atoms with Crippen molar-refractivity contribution in [3.05, 3.63) is 28.2 Å². The number of β-amino-alcohol motifs (C(OH)–C–C–N with tert-alkyl or cyclic N) is 1. The second-order valence-corrected chi connectivity index (χ2v) is 8.35. The van der Waals surface area contributed by atoms with E-state index in [1.807, 2.05) is 0 Å². The summed E-state index contributed by atoms with van der Waals surface area (Å²) in [5.41, 5.74) is 0. The van der Waals surface area contributed by atoms with E-state index >= 15 is 0 Å². The Morgan fingerprint density at radius 2 is 2.04 bits per heavy atom. The van der Waals surface area contributed by atoms with Crippen molar-refractivity contribution < 1.29 is 26.7 Å². The summed E-state index contributed by atoms with van der Waals surface area (Å²) in [6.07, 6.45) is -5.30. The largest absolute Gasteiger partial charge is 0.404 e. The molecule has 0 saturated carbocycles. The zero-order chi connectivity index (χ0) is 18.8. The fraction of sp³-hybridized carbons (Fsp3) is 0.571. The minimum atomic E-state index is -4.37. The summed E-state index contributed by atoms with van der Waals surface area (Å²) in [7, 11) is -4.02. The molecule has 0 aromatic heterocycles. The Bertz CT molecular complexity index is 716. The normalized spacial score (nSPS) is 20.8. The molecule has 0 bridgehead atoms. The molecule has 1 aliphatic heterocycles. The predicted molar refractivity (Wildman–Crippen MR) is 88.3 cm³/mol. The Morgan fingerprint density at radius 3 is 2.64 bits per heavy atom. The van der Waals surface area contributed by atoms with Crippen LogP contribution in [0.1, 0.15) is 12.8 Å². The van der Waals surface area contributed by atoms with Gasteiger partial charge in [-0.1, -0.05) is 23.2 Å². The van der Waals surface area contributed by atoms with Crippen LogP contribution in [0.25, 0.3) is 0 Å². The maximum Gasteiger partial charge on any atom is 0.404 e. The Labute approximate surface area is 153 Å². The molecule has 1 unspecified atom stereocenters. The monoisotopic (exact) mass is 420 g/mol. The Hall–Kier alpha value is -0.580. The van der Waals surface area contributed by atoms with Gasteiger partial charge in [-0.2, -0.15) is 13.2 Å². The van der Waals surface area contributed by atoms with Gasteiger partial charge in [-0.25, -0.2) is 13.1 Å². The van der Waals surface area contributed by atoms with Gasteiger partial charge in [0.2, 0.25) is 10.0 Å². The average molecular weight is 421 g/mol. The molecule has 2 atom stereocenters. The second kappa shape index (κ2) is 7.98. The zero-order valence-corrected chi connectivity index (χ0v) is 15.3. The first-order valence-electron chi connectivity index (χ1n) is 7.44. The van der Waals surface area contributed by atoms with Crippen LogP contribution in [0.4, 0.5) is 13.2 Å². The number of alkyl halides is 3. The number of benzene rings is 1. The minimum absolute atomic E-state index is 0.0255. The molecule has 1 aliphatic rings. The van der Waals surface area contributed by atoms with Crippen LogP contribution < -0.4 is 4.72 Å². The van der Waals surface area contributed by atoms with Crippen molar-refractivity contribution in [3.63, 3.8) is 0 Å². The predicted octanol–water partition coefficient (Wildman–Crippen LogP) is 2.66. The molecule has 1 heterocycles. The lowest BCUT2D eigenvalue weighted by Crippen LogP contribution is -2.46. The van der Waals surface area contributed by atoms with E-state index in [-0.39, 0.29) is 34.5 Å². The highest BCUT2D eigenvalue weighted by atomic mass is 35.5. The summed E-state index contributed by atoms with van der Waals surface area (Å²) < 4.78 is 65.1. The number of aliphatic hydroxyl groups excluding tert-OH is 1. The third-order valence-electron chi connectivity index (χ3n) is 3.88. The van der Waals surface area contributed by atoms with Crippen molar-refractivity contribution in [2.75, 3.05) is 19.6 Å². The fourth-order valence-electron chi connectivity index (χ4n) is 2.73. The highest BCUT2D eigenvalue weighted by Crippen LogP contribution is 2.32. The molecule has 1 aromatic rings. The van der Waals surface area contributed by atoms with Crippen LogP contribution in [0.5, 0.6) is 0 Å². The topological polar surface area (TPSA) is 69.6 Å². The van der Waals surface area contributed by atoms with E-state index < -0.39 is 34.9 Å². The molecular formula is C14H17Cl2F3N2O3S. The van der Waals surface area contributed by atoms with Gasteiger partial charge in [0.15, 0.2) is 0 Å². The third kappa shape index (κ3) is 5.45. The van der Waals surface area contributed by atoms with Crippen LogP contribution in [0, 0.1) is 0 Å². The molecule has 1 aromatic carbocycles. The maximum absolute atomic E-state index is 12.9. The molecule has 1 fully saturated rings. The van der Waals surface area contributed by atoms with Crippen molar-refractivity contribution in [3.8, 4) is 0 Å². The second-order valence-electron chi connectivity index (χ2n) is 5.78. The number of hydrogen-bond acceptors (Lipinski definition) is 4. The summed E-state index contributed by atoms with van der Waals surface area (Å²) >= 11 is 11.5. The van der Waals surface area contributed by atoms with Crippen molar-refractivity contribution >= 4 is 33.2 Å². The average Bonchev–Trinajstić information content (AvgIpc) is 2.93. The van der Waals surface area contributed by atoms with Crippen molar-refractivity contribution in [1.82, 2.24) is 9.62 Å². The van der Waals surface area contributed by atoms with E-state index in [0.717, 1.165) is 4.90 Å². The van der Waals surface area contributed by atoms with Gasteiger partial charge in [-0.05, 0) is 37.6 Å².